The summed E-state index contributed by atoms with van der Waals surface area (Å²) in [6, 6.07) is 23.8. The first-order valence-electron chi connectivity index (χ1n) is 10.2. The Bertz CT molecular complexity index is 1220. The van der Waals surface area contributed by atoms with Gasteiger partial charge < -0.3 is 13.9 Å². The zero-order valence-corrected chi connectivity index (χ0v) is 17.7. The number of aryl methyl sites for hydroxylation is 1. The molecule has 29 heavy (non-hydrogen) atoms. The van der Waals surface area contributed by atoms with Crippen LogP contribution in [0, 0.1) is 0 Å². The standard InChI is InChI=1S/C25H26BNO2/c1-24(2)25(3,4)29-26(28-24)19-10-8-9-17(15-19)18-13-14-23-21(16-18)20-11-6-7-12-22(20)27(23)5/h6-16H,1-5H3. The number of aromatic nitrogens is 1. The van der Waals surface area contributed by atoms with Crippen molar-refractivity contribution in [2.24, 2.45) is 7.05 Å². The lowest BCUT2D eigenvalue weighted by molar-refractivity contribution is 0.00578. The van der Waals surface area contributed by atoms with Gasteiger partial charge in [-0.05, 0) is 62.5 Å². The zero-order valence-electron chi connectivity index (χ0n) is 17.7. The Morgan fingerprint density at radius 1 is 0.690 bits per heavy atom. The summed E-state index contributed by atoms with van der Waals surface area (Å²) in [5.41, 5.74) is 5.26. The first-order chi connectivity index (χ1) is 13.8. The fraction of sp³-hybridized carbons (Fsp3) is 0.280. The fourth-order valence-corrected chi connectivity index (χ4v) is 4.19. The number of fused-ring (bicyclic) bond motifs is 3. The SMILES string of the molecule is Cn1c2ccccc2c2cc(-c3cccc(B4OC(C)(C)C(C)(C)O4)c3)ccc21. The summed E-state index contributed by atoms with van der Waals surface area (Å²) in [4.78, 5) is 0. The molecule has 0 N–H and O–H groups in total. The van der Waals surface area contributed by atoms with Gasteiger partial charge in [-0.25, -0.2) is 0 Å². The van der Waals surface area contributed by atoms with Gasteiger partial charge in [0, 0.05) is 28.9 Å². The molecule has 1 aliphatic rings. The van der Waals surface area contributed by atoms with Crippen molar-refractivity contribution in [1.82, 2.24) is 4.57 Å². The Labute approximate surface area is 172 Å². The number of nitrogens with zero attached hydrogens (tertiary/aromatic N) is 1. The smallest absolute Gasteiger partial charge is 0.399 e. The molecule has 0 aliphatic carbocycles. The predicted molar refractivity (Wildman–Crippen MR) is 122 cm³/mol. The van der Waals surface area contributed by atoms with E-state index in [2.05, 4.69) is 106 Å². The van der Waals surface area contributed by atoms with E-state index in [-0.39, 0.29) is 18.3 Å². The monoisotopic (exact) mass is 383 g/mol. The van der Waals surface area contributed by atoms with E-state index in [0.29, 0.717) is 0 Å². The van der Waals surface area contributed by atoms with E-state index in [4.69, 9.17) is 9.31 Å². The summed E-state index contributed by atoms with van der Waals surface area (Å²) < 4.78 is 14.8. The highest BCUT2D eigenvalue weighted by atomic mass is 16.7. The fourth-order valence-electron chi connectivity index (χ4n) is 4.19. The minimum Gasteiger partial charge on any atom is -0.399 e. The molecule has 1 fully saturated rings. The minimum atomic E-state index is -0.346. The molecule has 3 nitrogen and oxygen atoms in total. The average Bonchev–Trinajstić information content (AvgIpc) is 3.11. The maximum Gasteiger partial charge on any atom is 0.494 e. The largest absolute Gasteiger partial charge is 0.494 e. The molecule has 1 saturated heterocycles. The van der Waals surface area contributed by atoms with Crippen molar-refractivity contribution >= 4 is 34.4 Å². The molecule has 0 atom stereocenters. The molecular formula is C25H26BNO2. The topological polar surface area (TPSA) is 23.4 Å². The van der Waals surface area contributed by atoms with Crippen LogP contribution in [-0.4, -0.2) is 22.9 Å². The second-order valence-electron chi connectivity index (χ2n) is 9.02. The van der Waals surface area contributed by atoms with Crippen LogP contribution >= 0.6 is 0 Å². The van der Waals surface area contributed by atoms with Crippen molar-refractivity contribution in [2.45, 2.75) is 38.9 Å². The summed E-state index contributed by atoms with van der Waals surface area (Å²) in [7, 11) is 1.78. The van der Waals surface area contributed by atoms with E-state index >= 15 is 0 Å². The van der Waals surface area contributed by atoms with Gasteiger partial charge in [0.25, 0.3) is 0 Å². The number of rotatable bonds is 2. The Hall–Kier alpha value is -2.56. The molecule has 5 rings (SSSR count). The van der Waals surface area contributed by atoms with Crippen LogP contribution in [0.3, 0.4) is 0 Å². The van der Waals surface area contributed by atoms with Gasteiger partial charge in [-0.15, -0.1) is 0 Å². The molecular weight excluding hydrogens is 357 g/mol. The van der Waals surface area contributed by atoms with Gasteiger partial charge in [0.05, 0.1) is 11.2 Å². The molecule has 4 aromatic rings. The number of benzene rings is 3. The van der Waals surface area contributed by atoms with Gasteiger partial charge in [0.2, 0.25) is 0 Å². The molecule has 0 radical (unpaired) electrons. The summed E-state index contributed by atoms with van der Waals surface area (Å²) in [5.74, 6) is 0. The average molecular weight is 383 g/mol. The molecule has 1 aromatic heterocycles. The molecule has 4 heteroatoms. The Kier molecular flexibility index (Phi) is 3.96. The summed E-state index contributed by atoms with van der Waals surface area (Å²) in [5, 5.41) is 2.57. The molecule has 3 aromatic carbocycles. The third kappa shape index (κ3) is 2.82. The maximum atomic E-state index is 6.25. The van der Waals surface area contributed by atoms with Crippen molar-refractivity contribution in [1.29, 1.82) is 0 Å². The van der Waals surface area contributed by atoms with E-state index in [1.807, 2.05) is 0 Å². The molecule has 0 bridgehead atoms. The minimum absolute atomic E-state index is 0.338. The van der Waals surface area contributed by atoms with Gasteiger partial charge in [-0.3, -0.25) is 0 Å². The normalized spacial score (nSPS) is 18.0. The maximum absolute atomic E-state index is 6.25. The quantitative estimate of drug-likeness (QED) is 0.439. The second-order valence-corrected chi connectivity index (χ2v) is 9.02. The van der Waals surface area contributed by atoms with Crippen molar-refractivity contribution in [2.75, 3.05) is 0 Å². The lowest BCUT2D eigenvalue weighted by atomic mass is 9.78. The number of hydrogen-bond acceptors (Lipinski definition) is 2. The van der Waals surface area contributed by atoms with E-state index in [9.17, 15) is 0 Å². The Balaban J connectivity index is 1.58. The third-order valence-corrected chi connectivity index (χ3v) is 6.66. The molecule has 1 aliphatic heterocycles. The molecule has 0 unspecified atom stereocenters. The van der Waals surface area contributed by atoms with E-state index < -0.39 is 0 Å². The van der Waals surface area contributed by atoms with Gasteiger partial charge >= 0.3 is 7.12 Å². The van der Waals surface area contributed by atoms with E-state index in [1.54, 1.807) is 0 Å². The highest BCUT2D eigenvalue weighted by Gasteiger charge is 2.51. The van der Waals surface area contributed by atoms with Gasteiger partial charge in [0.1, 0.15) is 0 Å². The van der Waals surface area contributed by atoms with Crippen LogP contribution in [0.4, 0.5) is 0 Å². The molecule has 0 spiro atoms. The van der Waals surface area contributed by atoms with Crippen LogP contribution in [0.15, 0.2) is 66.7 Å². The number of para-hydroxylation sites is 1. The van der Waals surface area contributed by atoms with Crippen molar-refractivity contribution in [3.05, 3.63) is 66.7 Å². The summed E-state index contributed by atoms with van der Waals surface area (Å²) in [6.45, 7) is 8.35. The Morgan fingerprint density at radius 3 is 2.10 bits per heavy atom. The van der Waals surface area contributed by atoms with Gasteiger partial charge in [0.15, 0.2) is 0 Å². The van der Waals surface area contributed by atoms with Crippen molar-refractivity contribution < 1.29 is 9.31 Å². The highest BCUT2D eigenvalue weighted by molar-refractivity contribution is 6.62. The van der Waals surface area contributed by atoms with Crippen LogP contribution in [0.1, 0.15) is 27.7 Å². The summed E-state index contributed by atoms with van der Waals surface area (Å²) in [6.07, 6.45) is 0. The third-order valence-electron chi connectivity index (χ3n) is 6.66. The lowest BCUT2D eigenvalue weighted by Gasteiger charge is -2.32. The van der Waals surface area contributed by atoms with E-state index in [0.717, 1.165) is 5.46 Å². The molecule has 0 amide bonds. The summed E-state index contributed by atoms with van der Waals surface area (Å²) >= 11 is 0. The van der Waals surface area contributed by atoms with Crippen LogP contribution in [0.2, 0.25) is 0 Å². The first-order valence-corrected chi connectivity index (χ1v) is 10.2. The molecule has 0 saturated carbocycles. The van der Waals surface area contributed by atoms with Crippen LogP contribution in [0.25, 0.3) is 32.9 Å². The van der Waals surface area contributed by atoms with E-state index in [1.165, 1.54) is 32.9 Å². The Morgan fingerprint density at radius 2 is 1.34 bits per heavy atom. The lowest BCUT2D eigenvalue weighted by Crippen LogP contribution is -2.41. The van der Waals surface area contributed by atoms with Gasteiger partial charge in [-0.1, -0.05) is 48.5 Å². The van der Waals surface area contributed by atoms with Crippen LogP contribution in [0.5, 0.6) is 0 Å². The zero-order chi connectivity index (χ0) is 20.4. The second kappa shape index (κ2) is 6.22. The predicted octanol–water partition coefficient (Wildman–Crippen LogP) is 5.30. The van der Waals surface area contributed by atoms with Crippen molar-refractivity contribution in [3.8, 4) is 11.1 Å². The molecule has 146 valence electrons. The molecule has 2 heterocycles. The van der Waals surface area contributed by atoms with Crippen LogP contribution in [-0.2, 0) is 16.4 Å². The van der Waals surface area contributed by atoms with Crippen molar-refractivity contribution in [3.63, 3.8) is 0 Å². The van der Waals surface area contributed by atoms with Gasteiger partial charge in [-0.2, -0.15) is 0 Å². The first kappa shape index (κ1) is 18.5. The number of hydrogen-bond donors (Lipinski definition) is 0. The van der Waals surface area contributed by atoms with Crippen LogP contribution < -0.4 is 5.46 Å². The highest BCUT2D eigenvalue weighted by Crippen LogP contribution is 2.37.